The van der Waals surface area contributed by atoms with Crippen LogP contribution in [-0.4, -0.2) is 23.0 Å². The summed E-state index contributed by atoms with van der Waals surface area (Å²) in [7, 11) is 0. The van der Waals surface area contributed by atoms with Gasteiger partial charge in [0.2, 0.25) is 6.79 Å². The monoisotopic (exact) mass is 366 g/mol. The van der Waals surface area contributed by atoms with Gasteiger partial charge in [-0.2, -0.15) is 0 Å². The van der Waals surface area contributed by atoms with Gasteiger partial charge in [0.1, 0.15) is 13.3 Å². The average Bonchev–Trinajstić information content (AvgIpc) is 3.27. The van der Waals surface area contributed by atoms with E-state index in [2.05, 4.69) is 9.98 Å². The quantitative estimate of drug-likeness (QED) is 0.675. The van der Waals surface area contributed by atoms with Crippen LogP contribution in [0.5, 0.6) is 11.5 Å². The van der Waals surface area contributed by atoms with Crippen molar-refractivity contribution in [3.63, 3.8) is 0 Å². The van der Waals surface area contributed by atoms with E-state index >= 15 is 0 Å². The minimum Gasteiger partial charge on any atom is -0.454 e. The Morgan fingerprint density at radius 2 is 2.12 bits per heavy atom. The molecule has 7 nitrogen and oxygen atoms in total. The highest BCUT2D eigenvalue weighted by molar-refractivity contribution is 7.07. The minimum absolute atomic E-state index is 0.0388. The second kappa shape index (κ2) is 5.99. The van der Waals surface area contributed by atoms with Crippen LogP contribution in [0.2, 0.25) is 0 Å². The molecule has 0 amide bonds. The molecule has 0 spiro atoms. The third kappa shape index (κ3) is 2.55. The third-order valence-corrected chi connectivity index (χ3v) is 5.32. The lowest BCUT2D eigenvalue weighted by atomic mass is 10.2. The molecule has 2 aliphatic heterocycles. The summed E-state index contributed by atoms with van der Waals surface area (Å²) < 4.78 is 13.1. The van der Waals surface area contributed by atoms with Crippen LogP contribution in [0, 0.1) is 0 Å². The number of fused-ring (bicyclic) bond motifs is 2. The lowest BCUT2D eigenvalue weighted by molar-refractivity contribution is 0.174. The number of aromatic nitrogens is 2. The number of hydrogen-bond acceptors (Lipinski definition) is 7. The van der Waals surface area contributed by atoms with Crippen molar-refractivity contribution in [1.82, 2.24) is 9.55 Å². The largest absolute Gasteiger partial charge is 0.454 e. The Morgan fingerprint density at radius 1 is 1.19 bits per heavy atom. The smallest absolute Gasteiger partial charge is 0.271 e. The van der Waals surface area contributed by atoms with Crippen molar-refractivity contribution in [1.29, 1.82) is 0 Å². The fourth-order valence-electron chi connectivity index (χ4n) is 2.97. The van der Waals surface area contributed by atoms with E-state index in [1.165, 1.54) is 11.3 Å². The summed E-state index contributed by atoms with van der Waals surface area (Å²) in [5.41, 5.74) is 1.80. The molecule has 2 aromatic heterocycles. The first kappa shape index (κ1) is 15.2. The van der Waals surface area contributed by atoms with Crippen LogP contribution >= 0.6 is 11.3 Å². The molecule has 0 radical (unpaired) electrons. The number of pyridine rings is 1. The van der Waals surface area contributed by atoms with E-state index in [1.54, 1.807) is 17.0 Å². The maximum atomic E-state index is 12.8. The molecule has 26 heavy (non-hydrogen) atoms. The van der Waals surface area contributed by atoms with Gasteiger partial charge in [-0.3, -0.25) is 14.3 Å². The zero-order valence-electron chi connectivity index (χ0n) is 13.7. The van der Waals surface area contributed by atoms with E-state index in [-0.39, 0.29) is 12.4 Å². The maximum absolute atomic E-state index is 12.8. The fraction of sp³-hybridized carbons (Fsp3) is 0.167. The highest BCUT2D eigenvalue weighted by Crippen LogP contribution is 2.35. The van der Waals surface area contributed by atoms with Gasteiger partial charge >= 0.3 is 0 Å². The molecular weight excluding hydrogens is 352 g/mol. The first-order chi connectivity index (χ1) is 12.8. The molecule has 5 rings (SSSR count). The van der Waals surface area contributed by atoms with Crippen molar-refractivity contribution in [2.24, 2.45) is 4.99 Å². The van der Waals surface area contributed by atoms with E-state index in [0.717, 1.165) is 27.6 Å². The van der Waals surface area contributed by atoms with Crippen molar-refractivity contribution in [3.05, 3.63) is 68.0 Å². The van der Waals surface area contributed by atoms with Crippen molar-refractivity contribution >= 4 is 23.1 Å². The summed E-state index contributed by atoms with van der Waals surface area (Å²) in [5, 5.41) is 0. The molecule has 2 aliphatic rings. The van der Waals surface area contributed by atoms with E-state index in [1.807, 2.05) is 41.3 Å². The van der Waals surface area contributed by atoms with Gasteiger partial charge in [-0.15, -0.1) is 0 Å². The highest BCUT2D eigenvalue weighted by atomic mass is 32.1. The van der Waals surface area contributed by atoms with E-state index in [9.17, 15) is 4.79 Å². The van der Waals surface area contributed by atoms with Gasteiger partial charge in [-0.25, -0.2) is 4.99 Å². The third-order valence-electron chi connectivity index (χ3n) is 4.28. The van der Waals surface area contributed by atoms with Crippen LogP contribution < -0.4 is 29.3 Å². The molecule has 0 saturated carbocycles. The highest BCUT2D eigenvalue weighted by Gasteiger charge is 2.19. The molecule has 3 aromatic rings. The average molecular weight is 366 g/mol. The molecule has 1 aromatic carbocycles. The Kier molecular flexibility index (Phi) is 3.49. The van der Waals surface area contributed by atoms with E-state index < -0.39 is 0 Å². The van der Waals surface area contributed by atoms with Crippen LogP contribution in [0.4, 0.5) is 5.69 Å². The van der Waals surface area contributed by atoms with Gasteiger partial charge in [-0.1, -0.05) is 17.4 Å². The second-order valence-electron chi connectivity index (χ2n) is 5.93. The van der Waals surface area contributed by atoms with Crippen LogP contribution in [0.1, 0.15) is 5.56 Å². The summed E-state index contributed by atoms with van der Waals surface area (Å²) in [5.74, 6) is 1.46. The number of anilines is 1. The van der Waals surface area contributed by atoms with Gasteiger partial charge in [0, 0.05) is 24.1 Å². The van der Waals surface area contributed by atoms with Gasteiger partial charge < -0.3 is 14.4 Å². The fourth-order valence-corrected chi connectivity index (χ4v) is 3.93. The predicted octanol–water partition coefficient (Wildman–Crippen LogP) is 0.917. The predicted molar refractivity (Wildman–Crippen MR) is 97.1 cm³/mol. The molecule has 0 fully saturated rings. The zero-order chi connectivity index (χ0) is 17.5. The van der Waals surface area contributed by atoms with Crippen LogP contribution in [0.15, 0.2) is 52.5 Å². The van der Waals surface area contributed by atoms with Crippen molar-refractivity contribution in [2.45, 2.75) is 6.67 Å². The summed E-state index contributed by atoms with van der Waals surface area (Å²) in [6, 6.07) is 9.52. The molecular formula is C18H14N4O3S. The first-order valence-corrected chi connectivity index (χ1v) is 8.90. The maximum Gasteiger partial charge on any atom is 0.271 e. The molecule has 130 valence electrons. The zero-order valence-corrected chi connectivity index (χ0v) is 14.5. The van der Waals surface area contributed by atoms with Crippen molar-refractivity contribution in [3.8, 4) is 11.5 Å². The van der Waals surface area contributed by atoms with E-state index in [4.69, 9.17) is 9.47 Å². The Morgan fingerprint density at radius 3 is 3.00 bits per heavy atom. The lowest BCUT2D eigenvalue weighted by Gasteiger charge is -2.25. The number of benzene rings is 1. The molecule has 4 heterocycles. The van der Waals surface area contributed by atoms with Crippen molar-refractivity contribution in [2.75, 3.05) is 18.4 Å². The van der Waals surface area contributed by atoms with Gasteiger partial charge in [0.05, 0.1) is 4.53 Å². The normalized spacial score (nSPS) is 15.7. The topological polar surface area (TPSA) is 69.0 Å². The Hall–Kier alpha value is -3.13. The Bertz CT molecular complexity index is 1150. The molecule has 0 N–H and O–H groups in total. The summed E-state index contributed by atoms with van der Waals surface area (Å²) in [4.78, 5) is 24.2. The van der Waals surface area contributed by atoms with Crippen LogP contribution in [0.3, 0.4) is 0 Å². The minimum atomic E-state index is -0.0388. The number of ether oxygens (including phenoxy) is 2. The number of nitrogens with zero attached hydrogens (tertiary/aromatic N) is 4. The Balaban J connectivity index is 1.50. The molecule has 8 heteroatoms. The van der Waals surface area contributed by atoms with Gasteiger partial charge in [0.15, 0.2) is 16.3 Å². The van der Waals surface area contributed by atoms with Crippen LogP contribution in [0.25, 0.3) is 6.08 Å². The van der Waals surface area contributed by atoms with E-state index in [0.29, 0.717) is 17.9 Å². The second-order valence-corrected chi connectivity index (χ2v) is 6.94. The number of hydrogen-bond donors (Lipinski definition) is 0. The van der Waals surface area contributed by atoms with Crippen LogP contribution in [-0.2, 0) is 6.67 Å². The molecule has 0 unspecified atom stereocenters. The summed E-state index contributed by atoms with van der Waals surface area (Å²) in [6.45, 7) is 1.19. The SMILES string of the molecule is O=c1c(=Cc2cccnc2)sc2n1CN(c1ccc3c(c1)OCO3)CN=2. The summed E-state index contributed by atoms with van der Waals surface area (Å²) in [6.07, 6.45) is 5.30. The number of thiazole rings is 1. The molecule has 0 atom stereocenters. The number of rotatable bonds is 2. The van der Waals surface area contributed by atoms with Gasteiger partial charge in [0.25, 0.3) is 5.56 Å². The lowest BCUT2D eigenvalue weighted by Crippen LogP contribution is -2.42. The van der Waals surface area contributed by atoms with Crippen molar-refractivity contribution < 1.29 is 9.47 Å². The molecule has 0 bridgehead atoms. The molecule has 0 aliphatic carbocycles. The first-order valence-electron chi connectivity index (χ1n) is 8.08. The summed E-state index contributed by atoms with van der Waals surface area (Å²) >= 11 is 1.40. The van der Waals surface area contributed by atoms with Gasteiger partial charge in [-0.05, 0) is 29.8 Å². The Labute approximate surface area is 152 Å². The standard InChI is InChI=1S/C18H14N4O3S/c23-17-16(6-12-2-1-5-19-8-12)26-18-20-9-21(10-22(17)18)13-3-4-14-15(7-13)25-11-24-14/h1-8H,9-11H2. The molecule has 0 saturated heterocycles.